The summed E-state index contributed by atoms with van der Waals surface area (Å²) >= 11 is 1.36. The minimum Gasteiger partial charge on any atom is -0.462 e. The molecular weight excluding hydrogens is 280 g/mol. The monoisotopic (exact) mass is 294 g/mol. The van der Waals surface area contributed by atoms with Gasteiger partial charge < -0.3 is 10.5 Å². The van der Waals surface area contributed by atoms with Crippen molar-refractivity contribution in [2.75, 3.05) is 12.3 Å². The number of nitrogens with two attached hydrogens (primary N) is 1. The van der Waals surface area contributed by atoms with E-state index in [1.165, 1.54) is 24.3 Å². The van der Waals surface area contributed by atoms with E-state index in [0.717, 1.165) is 5.82 Å². The molecule has 0 aliphatic heterocycles. The fourth-order valence-corrected chi connectivity index (χ4v) is 2.20. The van der Waals surface area contributed by atoms with Crippen molar-refractivity contribution in [3.8, 4) is 0 Å². The van der Waals surface area contributed by atoms with Crippen LogP contribution in [0.4, 0.5) is 5.82 Å². The number of aryl methyl sites for hydroxylation is 1. The molecule has 0 unspecified atom stereocenters. The van der Waals surface area contributed by atoms with E-state index in [0.29, 0.717) is 10.9 Å². The molecule has 2 N–H and O–H groups in total. The van der Waals surface area contributed by atoms with Crippen LogP contribution in [0.25, 0.3) is 0 Å². The van der Waals surface area contributed by atoms with Gasteiger partial charge in [0.05, 0.1) is 12.4 Å². The van der Waals surface area contributed by atoms with Gasteiger partial charge in [0.1, 0.15) is 23.5 Å². The Morgan fingerprint density at radius 1 is 1.50 bits per heavy atom. The van der Waals surface area contributed by atoms with Gasteiger partial charge >= 0.3 is 5.97 Å². The maximum absolute atomic E-state index is 11.6. The Kier molecular flexibility index (Phi) is 4.51. The molecule has 0 aliphatic carbocycles. The van der Waals surface area contributed by atoms with Crippen molar-refractivity contribution in [3.63, 3.8) is 0 Å². The molecule has 8 nitrogen and oxygen atoms in total. The predicted molar refractivity (Wildman–Crippen MR) is 73.0 cm³/mol. The van der Waals surface area contributed by atoms with E-state index in [1.807, 2.05) is 7.05 Å². The van der Waals surface area contributed by atoms with Crippen LogP contribution in [0.1, 0.15) is 23.1 Å². The lowest BCUT2D eigenvalue weighted by Crippen LogP contribution is -2.10. The van der Waals surface area contributed by atoms with Gasteiger partial charge in [-0.2, -0.15) is 5.10 Å². The molecule has 0 saturated heterocycles. The Hall–Kier alpha value is -2.16. The highest BCUT2D eigenvalue weighted by atomic mass is 32.2. The van der Waals surface area contributed by atoms with Gasteiger partial charge in [-0.25, -0.2) is 19.7 Å². The SMILES string of the molecule is CCOC(=O)c1cnc(SCc2ncnn2C)nc1N. The molecule has 106 valence electrons. The van der Waals surface area contributed by atoms with Crippen molar-refractivity contribution in [3.05, 3.63) is 23.9 Å². The van der Waals surface area contributed by atoms with Gasteiger partial charge in [0.2, 0.25) is 0 Å². The number of carbonyl (C=O) groups excluding carboxylic acids is 1. The number of esters is 1. The van der Waals surface area contributed by atoms with Gasteiger partial charge in [-0.05, 0) is 6.92 Å². The lowest BCUT2D eigenvalue weighted by molar-refractivity contribution is 0.0526. The third-order valence-electron chi connectivity index (χ3n) is 2.43. The van der Waals surface area contributed by atoms with Crippen LogP contribution in [0.5, 0.6) is 0 Å². The lowest BCUT2D eigenvalue weighted by atomic mass is 10.3. The van der Waals surface area contributed by atoms with Crippen LogP contribution in [-0.2, 0) is 17.5 Å². The Morgan fingerprint density at radius 2 is 2.30 bits per heavy atom. The van der Waals surface area contributed by atoms with E-state index in [2.05, 4.69) is 20.1 Å². The molecule has 0 amide bonds. The molecule has 0 atom stereocenters. The van der Waals surface area contributed by atoms with Crippen LogP contribution in [0.3, 0.4) is 0 Å². The van der Waals surface area contributed by atoms with E-state index < -0.39 is 5.97 Å². The Labute approximate surface area is 119 Å². The lowest BCUT2D eigenvalue weighted by Gasteiger charge is -2.05. The second kappa shape index (κ2) is 6.33. The highest BCUT2D eigenvalue weighted by Gasteiger charge is 2.14. The summed E-state index contributed by atoms with van der Waals surface area (Å²) in [5.41, 5.74) is 5.91. The van der Waals surface area contributed by atoms with Gasteiger partial charge in [0.25, 0.3) is 0 Å². The Bertz CT molecular complexity index is 615. The van der Waals surface area contributed by atoms with E-state index in [1.54, 1.807) is 11.6 Å². The van der Waals surface area contributed by atoms with Crippen LogP contribution < -0.4 is 5.73 Å². The third-order valence-corrected chi connectivity index (χ3v) is 3.28. The summed E-state index contributed by atoms with van der Waals surface area (Å²) in [5.74, 6) is 0.953. The van der Waals surface area contributed by atoms with E-state index in [-0.39, 0.29) is 18.0 Å². The highest BCUT2D eigenvalue weighted by molar-refractivity contribution is 7.98. The molecule has 0 fully saturated rings. The molecule has 2 aromatic rings. The number of aromatic nitrogens is 5. The maximum atomic E-state index is 11.6. The molecule has 0 radical (unpaired) electrons. The van der Waals surface area contributed by atoms with Gasteiger partial charge in [-0.15, -0.1) is 0 Å². The second-order valence-corrected chi connectivity index (χ2v) is 4.70. The topological polar surface area (TPSA) is 109 Å². The number of thioether (sulfide) groups is 1. The van der Waals surface area contributed by atoms with Crippen LogP contribution in [0.15, 0.2) is 17.7 Å². The molecule has 0 bridgehead atoms. The van der Waals surface area contributed by atoms with E-state index >= 15 is 0 Å². The maximum Gasteiger partial charge on any atom is 0.343 e. The average Bonchev–Trinajstić information content (AvgIpc) is 2.82. The number of nitrogens with zero attached hydrogens (tertiary/aromatic N) is 5. The average molecular weight is 294 g/mol. The van der Waals surface area contributed by atoms with Crippen LogP contribution in [0.2, 0.25) is 0 Å². The van der Waals surface area contributed by atoms with Crippen LogP contribution in [0, 0.1) is 0 Å². The standard InChI is InChI=1S/C11H14N6O2S/c1-3-19-10(18)7-4-13-11(16-9(7)12)20-5-8-14-6-15-17(8)2/h4,6H,3,5H2,1-2H3,(H2,12,13,16). The fraction of sp³-hybridized carbons (Fsp3) is 0.364. The van der Waals surface area contributed by atoms with Gasteiger partial charge in [0, 0.05) is 13.2 Å². The quantitative estimate of drug-likeness (QED) is 0.486. The van der Waals surface area contributed by atoms with Crippen LogP contribution in [-0.4, -0.2) is 37.3 Å². The summed E-state index contributed by atoms with van der Waals surface area (Å²) in [5, 5.41) is 4.44. The smallest absolute Gasteiger partial charge is 0.343 e. The van der Waals surface area contributed by atoms with E-state index in [4.69, 9.17) is 10.5 Å². The number of nitrogen functional groups attached to an aromatic ring is 1. The van der Waals surface area contributed by atoms with E-state index in [9.17, 15) is 4.79 Å². The zero-order valence-corrected chi connectivity index (χ0v) is 11.9. The van der Waals surface area contributed by atoms with Crippen molar-refractivity contribution in [1.82, 2.24) is 24.7 Å². The van der Waals surface area contributed by atoms with Crippen molar-refractivity contribution in [2.45, 2.75) is 17.8 Å². The van der Waals surface area contributed by atoms with Crippen molar-refractivity contribution >= 4 is 23.5 Å². The molecular formula is C11H14N6O2S. The van der Waals surface area contributed by atoms with Crippen molar-refractivity contribution in [2.24, 2.45) is 7.05 Å². The number of hydrogen-bond donors (Lipinski definition) is 1. The predicted octanol–water partition coefficient (Wildman–Crippen LogP) is 0.656. The Morgan fingerprint density at radius 3 is 2.90 bits per heavy atom. The number of carbonyl (C=O) groups is 1. The summed E-state index contributed by atoms with van der Waals surface area (Å²) < 4.78 is 6.53. The van der Waals surface area contributed by atoms with Gasteiger partial charge in [-0.3, -0.25) is 4.68 Å². The molecule has 0 saturated carbocycles. The minimum atomic E-state index is -0.519. The summed E-state index contributed by atoms with van der Waals surface area (Å²) in [6.07, 6.45) is 2.86. The summed E-state index contributed by atoms with van der Waals surface area (Å²) in [4.78, 5) is 23.8. The largest absolute Gasteiger partial charge is 0.462 e. The van der Waals surface area contributed by atoms with Gasteiger partial charge in [0.15, 0.2) is 5.16 Å². The minimum absolute atomic E-state index is 0.110. The van der Waals surface area contributed by atoms with Gasteiger partial charge in [-0.1, -0.05) is 11.8 Å². The molecule has 2 rings (SSSR count). The molecule has 0 aromatic carbocycles. The zero-order valence-electron chi connectivity index (χ0n) is 11.1. The summed E-state index contributed by atoms with van der Waals surface area (Å²) in [6, 6.07) is 0. The summed E-state index contributed by atoms with van der Waals surface area (Å²) in [6.45, 7) is 2.00. The highest BCUT2D eigenvalue weighted by Crippen LogP contribution is 2.20. The second-order valence-electron chi connectivity index (χ2n) is 3.76. The molecule has 2 heterocycles. The third kappa shape index (κ3) is 3.23. The number of rotatable bonds is 5. The fourth-order valence-electron chi connectivity index (χ4n) is 1.39. The normalized spacial score (nSPS) is 10.5. The first-order chi connectivity index (χ1) is 9.61. The number of hydrogen-bond acceptors (Lipinski definition) is 8. The van der Waals surface area contributed by atoms with Crippen LogP contribution >= 0.6 is 11.8 Å². The number of anilines is 1. The van der Waals surface area contributed by atoms with Crippen molar-refractivity contribution in [1.29, 1.82) is 0 Å². The summed E-state index contributed by atoms with van der Waals surface area (Å²) in [7, 11) is 1.81. The first-order valence-electron chi connectivity index (χ1n) is 5.87. The Balaban J connectivity index is 2.05. The molecule has 0 aliphatic rings. The first-order valence-corrected chi connectivity index (χ1v) is 6.85. The molecule has 0 spiro atoms. The first kappa shape index (κ1) is 14.3. The molecule has 9 heteroatoms. The molecule has 2 aromatic heterocycles. The zero-order chi connectivity index (χ0) is 14.5. The van der Waals surface area contributed by atoms with Crippen molar-refractivity contribution < 1.29 is 9.53 Å². The molecule has 20 heavy (non-hydrogen) atoms. The number of ether oxygens (including phenoxy) is 1.